The number of hydrogen-bond donors (Lipinski definition) is 0. The highest BCUT2D eigenvalue weighted by molar-refractivity contribution is 6.93. The van der Waals surface area contributed by atoms with E-state index in [2.05, 4.69) is 0 Å². The molecule has 0 saturated carbocycles. The van der Waals surface area contributed by atoms with Gasteiger partial charge in [0.1, 0.15) is 6.23 Å². The summed E-state index contributed by atoms with van der Waals surface area (Å²) in [5.74, 6) is -0.883. The molecule has 1 heterocycles. The van der Waals surface area contributed by atoms with Crippen molar-refractivity contribution >= 4 is 46.4 Å². The molecule has 152 valence electrons. The van der Waals surface area contributed by atoms with Crippen LogP contribution in [-0.4, -0.2) is 52.7 Å². The Labute approximate surface area is 160 Å². The molecule has 0 aromatic carbocycles. The van der Waals surface area contributed by atoms with Crippen LogP contribution in [-0.2, 0) is 35.2 Å². The molecule has 26 heavy (non-hydrogen) atoms. The summed E-state index contributed by atoms with van der Waals surface area (Å²) in [4.78, 5) is 23.1. The summed E-state index contributed by atoms with van der Waals surface area (Å²) in [6.45, 7) is 14.2. The highest BCUT2D eigenvalue weighted by Gasteiger charge is 2.61. The number of carbonyl (C=O) groups is 2. The van der Waals surface area contributed by atoms with Crippen molar-refractivity contribution in [1.82, 2.24) is 0 Å². The number of rotatable bonds is 6. The molecule has 1 fully saturated rings. The molecule has 0 spiro atoms. The van der Waals surface area contributed by atoms with E-state index < -0.39 is 46.4 Å². The summed E-state index contributed by atoms with van der Waals surface area (Å²) < 4.78 is 36.6. The zero-order valence-electron chi connectivity index (χ0n) is 17.1. The van der Waals surface area contributed by atoms with E-state index in [1.54, 1.807) is 6.55 Å². The van der Waals surface area contributed by atoms with E-state index >= 15 is 0 Å². The summed E-state index contributed by atoms with van der Waals surface area (Å²) in [5.41, 5.74) is 0. The third kappa shape index (κ3) is 6.37. The van der Waals surface area contributed by atoms with Crippen LogP contribution in [0.2, 0.25) is 37.8 Å². The molecule has 0 aromatic rings. The maximum Gasteiger partial charge on any atom is 0.549 e. The Morgan fingerprint density at radius 2 is 1.38 bits per heavy atom. The van der Waals surface area contributed by atoms with Crippen LogP contribution < -0.4 is 0 Å². The summed E-state index contributed by atoms with van der Waals surface area (Å²) >= 11 is 0. The fourth-order valence-electron chi connectivity index (χ4n) is 2.97. The van der Waals surface area contributed by atoms with Crippen LogP contribution in [0.5, 0.6) is 0 Å². The zero-order chi connectivity index (χ0) is 20.2. The first-order chi connectivity index (χ1) is 11.8. The lowest BCUT2D eigenvalue weighted by Crippen LogP contribution is -2.70. The van der Waals surface area contributed by atoms with Gasteiger partial charge in [0.05, 0.1) is 0 Å². The maximum atomic E-state index is 11.8. The van der Waals surface area contributed by atoms with Crippen molar-refractivity contribution in [2.75, 3.05) is 6.23 Å². The van der Waals surface area contributed by atoms with Crippen molar-refractivity contribution in [3.05, 3.63) is 0 Å². The summed E-state index contributed by atoms with van der Waals surface area (Å²) in [7, 11) is -11.7. The second-order valence-corrected chi connectivity index (χ2v) is 21.1. The lowest BCUT2D eigenvalue weighted by molar-refractivity contribution is -0.140. The van der Waals surface area contributed by atoms with Crippen LogP contribution in [0.3, 0.4) is 0 Å². The third-order valence-electron chi connectivity index (χ3n) is 3.95. The van der Waals surface area contributed by atoms with E-state index in [4.69, 9.17) is 25.6 Å². The Kier molecular flexibility index (Phi) is 7.99. The van der Waals surface area contributed by atoms with Crippen molar-refractivity contribution in [2.45, 2.75) is 72.4 Å². The Bertz CT molecular complexity index is 527. The van der Waals surface area contributed by atoms with Crippen molar-refractivity contribution in [1.29, 1.82) is 0 Å². The lowest BCUT2D eigenvalue weighted by atomic mass is 10.8. The minimum absolute atomic E-state index is 0.00565. The molecule has 0 aliphatic carbocycles. The third-order valence-corrected chi connectivity index (χ3v) is 21.1. The van der Waals surface area contributed by atoms with Crippen LogP contribution >= 0.6 is 0 Å². The highest BCUT2D eigenvalue weighted by atomic mass is 28.5. The maximum absolute atomic E-state index is 11.8. The first kappa shape index (κ1) is 23.7. The molecule has 1 saturated heterocycles. The molecule has 2 atom stereocenters. The fourth-order valence-corrected chi connectivity index (χ4v) is 23.6. The first-order valence-corrected chi connectivity index (χ1v) is 18.5. The van der Waals surface area contributed by atoms with Crippen LogP contribution in [0.25, 0.3) is 0 Å². The average molecular weight is 441 g/mol. The monoisotopic (exact) mass is 440 g/mol. The predicted octanol–water partition coefficient (Wildman–Crippen LogP) is 2.95. The Morgan fingerprint density at radius 3 is 1.81 bits per heavy atom. The number of hydrogen-bond acceptors (Lipinski definition) is 8. The van der Waals surface area contributed by atoms with E-state index in [1.807, 2.05) is 33.9 Å². The van der Waals surface area contributed by atoms with Gasteiger partial charge in [-0.15, -0.1) is 0 Å². The van der Waals surface area contributed by atoms with Crippen molar-refractivity contribution in [3.8, 4) is 0 Å². The van der Waals surface area contributed by atoms with Gasteiger partial charge in [-0.3, -0.25) is 9.59 Å². The Balaban J connectivity index is 3.37. The molecule has 12 heteroatoms. The molecule has 1 aliphatic rings. The smallest absolute Gasteiger partial charge is 0.474 e. The van der Waals surface area contributed by atoms with Gasteiger partial charge in [0.2, 0.25) is 0 Å². The van der Waals surface area contributed by atoms with E-state index in [0.717, 1.165) is 0 Å². The molecule has 2 unspecified atom stereocenters. The number of ether oxygens (including phenoxy) is 1. The average Bonchev–Trinajstić information content (AvgIpc) is 2.49. The van der Waals surface area contributed by atoms with Crippen molar-refractivity contribution in [3.63, 3.8) is 0 Å². The minimum atomic E-state index is -3.39. The molecule has 0 amide bonds. The fraction of sp³-hybridized carbons (Fsp3) is 0.857. The Morgan fingerprint density at radius 1 is 0.808 bits per heavy atom. The molecule has 1 aliphatic heterocycles. The van der Waals surface area contributed by atoms with Gasteiger partial charge < -0.3 is 25.6 Å². The lowest BCUT2D eigenvalue weighted by Gasteiger charge is -2.48. The largest absolute Gasteiger partial charge is 0.549 e. The van der Waals surface area contributed by atoms with E-state index in [9.17, 15) is 9.59 Å². The topological polar surface area (TPSA) is 89.5 Å². The minimum Gasteiger partial charge on any atom is -0.474 e. The quantitative estimate of drug-likeness (QED) is 0.460. The summed E-state index contributed by atoms with van der Waals surface area (Å²) in [6.07, 6.45) is -0.00565. The zero-order valence-corrected chi connectivity index (χ0v) is 21.1. The van der Waals surface area contributed by atoms with Gasteiger partial charge in [0, 0.05) is 19.9 Å². The van der Waals surface area contributed by atoms with Crippen LogP contribution in [0.15, 0.2) is 0 Å². The van der Waals surface area contributed by atoms with Gasteiger partial charge in [0.15, 0.2) is 0 Å². The van der Waals surface area contributed by atoms with Gasteiger partial charge in [-0.05, 0) is 31.7 Å². The van der Waals surface area contributed by atoms with Gasteiger partial charge in [-0.1, -0.05) is 20.8 Å². The van der Waals surface area contributed by atoms with E-state index in [0.29, 0.717) is 18.1 Å². The van der Waals surface area contributed by atoms with Gasteiger partial charge >= 0.3 is 40.5 Å². The van der Waals surface area contributed by atoms with Crippen molar-refractivity contribution < 1.29 is 35.2 Å². The SMILES string of the molecule is CC[Si]1(CC)O[Si](C)(C)O[Si](C)(COC(C)=O)O[Si](CC)(OC(C)=O)O1. The highest BCUT2D eigenvalue weighted by Crippen LogP contribution is 2.36. The molecular weight excluding hydrogens is 408 g/mol. The number of carbonyl (C=O) groups excluding carboxylic acids is 2. The van der Waals surface area contributed by atoms with Gasteiger partial charge in [0.25, 0.3) is 5.97 Å². The standard InChI is InChI=1S/C14H32O8Si4/c1-9-25(10-2)20-23(6,7)19-24(8,12-17-13(4)15)21-26(11-3,22-25)18-14(5)16/h9-12H2,1-8H3. The molecular formula is C14H32O8Si4. The summed E-state index contributed by atoms with van der Waals surface area (Å²) in [5, 5.41) is 0. The van der Waals surface area contributed by atoms with E-state index in [1.165, 1.54) is 13.8 Å². The van der Waals surface area contributed by atoms with Crippen LogP contribution in [0.4, 0.5) is 0 Å². The van der Waals surface area contributed by atoms with Gasteiger partial charge in [-0.25, -0.2) is 0 Å². The van der Waals surface area contributed by atoms with Crippen LogP contribution in [0, 0.1) is 0 Å². The molecule has 0 radical (unpaired) electrons. The summed E-state index contributed by atoms with van der Waals surface area (Å²) in [6, 6.07) is 1.80. The second kappa shape index (κ2) is 8.77. The Hall–Kier alpha value is -0.352. The van der Waals surface area contributed by atoms with Gasteiger partial charge in [-0.2, -0.15) is 0 Å². The predicted molar refractivity (Wildman–Crippen MR) is 105 cm³/mol. The van der Waals surface area contributed by atoms with Crippen molar-refractivity contribution in [2.24, 2.45) is 0 Å². The first-order valence-electron chi connectivity index (χ1n) is 8.98. The second-order valence-electron chi connectivity index (χ2n) is 6.97. The molecule has 0 aromatic heterocycles. The molecule has 0 N–H and O–H groups in total. The van der Waals surface area contributed by atoms with Crippen LogP contribution in [0.1, 0.15) is 34.6 Å². The van der Waals surface area contributed by atoms with E-state index in [-0.39, 0.29) is 6.23 Å². The molecule has 1 rings (SSSR count). The number of esters is 1. The molecule has 0 bridgehead atoms. The molecule has 8 nitrogen and oxygen atoms in total. The normalized spacial score (nSPS) is 30.8.